The summed E-state index contributed by atoms with van der Waals surface area (Å²) in [5.41, 5.74) is 6.88. The molecule has 19 heavy (non-hydrogen) atoms. The quantitative estimate of drug-likeness (QED) is 0.864. The Bertz CT molecular complexity index is 375. The molecule has 4 heteroatoms. The second kappa shape index (κ2) is 8.18. The van der Waals surface area contributed by atoms with E-state index in [1.54, 1.807) is 0 Å². The van der Waals surface area contributed by atoms with Crippen molar-refractivity contribution in [2.24, 2.45) is 11.7 Å². The minimum absolute atomic E-state index is 0. The van der Waals surface area contributed by atoms with Gasteiger partial charge in [0.25, 0.3) is 0 Å². The first-order valence-corrected chi connectivity index (χ1v) is 6.69. The Balaban J connectivity index is 0.00000180. The summed E-state index contributed by atoms with van der Waals surface area (Å²) in [6, 6.07) is 10.1. The van der Waals surface area contributed by atoms with E-state index >= 15 is 0 Å². The summed E-state index contributed by atoms with van der Waals surface area (Å²) in [4.78, 5) is 11.7. The maximum absolute atomic E-state index is 11.7. The average molecular weight is 284 g/mol. The van der Waals surface area contributed by atoms with Crippen LogP contribution in [0.2, 0.25) is 0 Å². The number of ether oxygens (including phenoxy) is 1. The molecular weight excluding hydrogens is 262 g/mol. The highest BCUT2D eigenvalue weighted by Crippen LogP contribution is 2.26. The summed E-state index contributed by atoms with van der Waals surface area (Å²) in [5.74, 6) is 0.382. The Kier molecular flexibility index (Phi) is 6.89. The van der Waals surface area contributed by atoms with Gasteiger partial charge in [-0.2, -0.15) is 0 Å². The molecule has 0 radical (unpaired) electrons. The molecule has 0 spiro atoms. The van der Waals surface area contributed by atoms with Crippen molar-refractivity contribution in [1.82, 2.24) is 0 Å². The first-order chi connectivity index (χ1) is 8.74. The van der Waals surface area contributed by atoms with E-state index in [1.165, 1.54) is 0 Å². The van der Waals surface area contributed by atoms with E-state index in [0.29, 0.717) is 25.0 Å². The molecule has 1 aliphatic rings. The van der Waals surface area contributed by atoms with Gasteiger partial charge in [0.15, 0.2) is 0 Å². The van der Waals surface area contributed by atoms with Crippen LogP contribution in [-0.4, -0.2) is 12.0 Å². The Hall–Kier alpha value is -1.06. The van der Waals surface area contributed by atoms with Gasteiger partial charge in [-0.3, -0.25) is 4.79 Å². The summed E-state index contributed by atoms with van der Waals surface area (Å²) in [5, 5.41) is 0. The van der Waals surface area contributed by atoms with Crippen molar-refractivity contribution in [2.45, 2.75) is 44.8 Å². The molecule has 2 rings (SSSR count). The second-order valence-electron chi connectivity index (χ2n) is 5.13. The lowest BCUT2D eigenvalue weighted by atomic mass is 9.84. The summed E-state index contributed by atoms with van der Waals surface area (Å²) in [7, 11) is 0. The highest BCUT2D eigenvalue weighted by atomic mass is 35.5. The third-order valence-electron chi connectivity index (χ3n) is 3.59. The highest BCUT2D eigenvalue weighted by molar-refractivity contribution is 5.85. The lowest BCUT2D eigenvalue weighted by Crippen LogP contribution is -2.27. The van der Waals surface area contributed by atoms with Gasteiger partial charge in [0, 0.05) is 12.5 Å². The molecule has 106 valence electrons. The van der Waals surface area contributed by atoms with Crippen molar-refractivity contribution in [1.29, 1.82) is 0 Å². The van der Waals surface area contributed by atoms with Crippen molar-refractivity contribution >= 4 is 18.4 Å². The standard InChI is InChI=1S/C15H21NO2.ClH/c16-14-8-6-12(7-9-14)10-15(17)18-11-13-4-2-1-3-5-13;/h1-5,12,14H,6-11,16H2;1H. The fourth-order valence-corrected chi connectivity index (χ4v) is 2.43. The fraction of sp³-hybridized carbons (Fsp3) is 0.533. The monoisotopic (exact) mass is 283 g/mol. The molecule has 0 bridgehead atoms. The van der Waals surface area contributed by atoms with Crippen molar-refractivity contribution in [3.8, 4) is 0 Å². The van der Waals surface area contributed by atoms with Crippen LogP contribution in [-0.2, 0) is 16.1 Å². The van der Waals surface area contributed by atoms with Gasteiger partial charge in [-0.1, -0.05) is 30.3 Å². The van der Waals surface area contributed by atoms with Crippen LogP contribution in [0, 0.1) is 5.92 Å². The van der Waals surface area contributed by atoms with E-state index in [4.69, 9.17) is 10.5 Å². The van der Waals surface area contributed by atoms with Gasteiger partial charge in [0.1, 0.15) is 6.61 Å². The molecule has 0 aliphatic heterocycles. The Morgan fingerprint density at radius 1 is 1.16 bits per heavy atom. The lowest BCUT2D eigenvalue weighted by molar-refractivity contribution is -0.146. The van der Waals surface area contributed by atoms with E-state index < -0.39 is 0 Å². The van der Waals surface area contributed by atoms with E-state index in [2.05, 4.69) is 0 Å². The lowest BCUT2D eigenvalue weighted by Gasteiger charge is -2.25. The molecule has 1 fully saturated rings. The number of benzene rings is 1. The number of hydrogen-bond acceptors (Lipinski definition) is 3. The minimum Gasteiger partial charge on any atom is -0.461 e. The summed E-state index contributed by atoms with van der Waals surface area (Å²) in [6.07, 6.45) is 4.73. The number of esters is 1. The smallest absolute Gasteiger partial charge is 0.306 e. The SMILES string of the molecule is Cl.NC1CCC(CC(=O)OCc2ccccc2)CC1. The molecule has 0 unspecified atom stereocenters. The van der Waals surface area contributed by atoms with E-state index in [9.17, 15) is 4.79 Å². The van der Waals surface area contributed by atoms with Gasteiger partial charge in [0.2, 0.25) is 0 Å². The third kappa shape index (κ3) is 5.62. The fourth-order valence-electron chi connectivity index (χ4n) is 2.43. The zero-order valence-corrected chi connectivity index (χ0v) is 11.9. The molecule has 0 amide bonds. The van der Waals surface area contributed by atoms with Gasteiger partial charge in [0.05, 0.1) is 0 Å². The van der Waals surface area contributed by atoms with Gasteiger partial charge >= 0.3 is 5.97 Å². The van der Waals surface area contributed by atoms with Crippen LogP contribution in [0.3, 0.4) is 0 Å². The topological polar surface area (TPSA) is 52.3 Å². The molecule has 1 aromatic carbocycles. The van der Waals surface area contributed by atoms with Gasteiger partial charge < -0.3 is 10.5 Å². The number of halogens is 1. The number of nitrogens with two attached hydrogens (primary N) is 1. The molecule has 2 N–H and O–H groups in total. The molecular formula is C15H22ClNO2. The van der Waals surface area contributed by atoms with Crippen molar-refractivity contribution < 1.29 is 9.53 Å². The van der Waals surface area contributed by atoms with Gasteiger partial charge in [-0.05, 0) is 37.2 Å². The molecule has 0 atom stereocenters. The zero-order chi connectivity index (χ0) is 12.8. The molecule has 0 heterocycles. The van der Waals surface area contributed by atoms with Crippen LogP contribution >= 0.6 is 12.4 Å². The summed E-state index contributed by atoms with van der Waals surface area (Å²) >= 11 is 0. The second-order valence-corrected chi connectivity index (χ2v) is 5.13. The number of rotatable bonds is 4. The molecule has 0 aromatic heterocycles. The van der Waals surface area contributed by atoms with E-state index in [1.807, 2.05) is 30.3 Å². The molecule has 1 aliphatic carbocycles. The van der Waals surface area contributed by atoms with Crippen LogP contribution < -0.4 is 5.73 Å². The third-order valence-corrected chi connectivity index (χ3v) is 3.59. The largest absolute Gasteiger partial charge is 0.461 e. The van der Waals surface area contributed by atoms with Crippen LogP contribution in [0.25, 0.3) is 0 Å². The van der Waals surface area contributed by atoms with Crippen molar-refractivity contribution in [3.63, 3.8) is 0 Å². The molecule has 1 saturated carbocycles. The van der Waals surface area contributed by atoms with Crippen LogP contribution in [0.5, 0.6) is 0 Å². The summed E-state index contributed by atoms with van der Waals surface area (Å²) < 4.78 is 5.29. The van der Waals surface area contributed by atoms with E-state index in [-0.39, 0.29) is 18.4 Å². The molecule has 0 saturated heterocycles. The maximum atomic E-state index is 11.7. The number of hydrogen-bond donors (Lipinski definition) is 1. The van der Waals surface area contributed by atoms with Gasteiger partial charge in [-0.25, -0.2) is 0 Å². The average Bonchev–Trinajstić information content (AvgIpc) is 2.40. The first kappa shape index (κ1) is 16.0. The van der Waals surface area contributed by atoms with Gasteiger partial charge in [-0.15, -0.1) is 12.4 Å². The summed E-state index contributed by atoms with van der Waals surface area (Å²) in [6.45, 7) is 0.381. The highest BCUT2D eigenvalue weighted by Gasteiger charge is 2.21. The van der Waals surface area contributed by atoms with Crippen LogP contribution in [0.1, 0.15) is 37.7 Å². The van der Waals surface area contributed by atoms with Crippen LogP contribution in [0.4, 0.5) is 0 Å². The normalized spacial score (nSPS) is 22.4. The van der Waals surface area contributed by atoms with Crippen molar-refractivity contribution in [3.05, 3.63) is 35.9 Å². The molecule has 3 nitrogen and oxygen atoms in total. The zero-order valence-electron chi connectivity index (χ0n) is 11.1. The predicted molar refractivity (Wildman–Crippen MR) is 78.0 cm³/mol. The Morgan fingerprint density at radius 2 is 1.79 bits per heavy atom. The van der Waals surface area contributed by atoms with Crippen molar-refractivity contribution in [2.75, 3.05) is 0 Å². The maximum Gasteiger partial charge on any atom is 0.306 e. The first-order valence-electron chi connectivity index (χ1n) is 6.69. The molecule has 1 aromatic rings. The van der Waals surface area contributed by atoms with E-state index in [0.717, 1.165) is 31.2 Å². The number of carbonyl (C=O) groups is 1. The van der Waals surface area contributed by atoms with Crippen LogP contribution in [0.15, 0.2) is 30.3 Å². The Labute approximate surface area is 120 Å². The number of carbonyl (C=O) groups excluding carboxylic acids is 1. The predicted octanol–water partition coefficient (Wildman–Crippen LogP) is 3.06. The minimum atomic E-state index is -0.0840. The Morgan fingerprint density at radius 3 is 2.42 bits per heavy atom.